The SMILES string of the molecule is CCCCCCC1CCC(CCCCC)N1. The van der Waals surface area contributed by atoms with E-state index < -0.39 is 0 Å². The van der Waals surface area contributed by atoms with Gasteiger partial charge in [0.2, 0.25) is 0 Å². The van der Waals surface area contributed by atoms with Crippen LogP contribution in [-0.2, 0) is 0 Å². The summed E-state index contributed by atoms with van der Waals surface area (Å²) >= 11 is 0. The molecule has 0 saturated carbocycles. The van der Waals surface area contributed by atoms with Crippen molar-refractivity contribution in [1.82, 2.24) is 5.32 Å². The first-order valence-corrected chi connectivity index (χ1v) is 7.62. The van der Waals surface area contributed by atoms with Crippen molar-refractivity contribution in [2.45, 2.75) is 96.6 Å². The Balaban J connectivity index is 1.97. The lowest BCUT2D eigenvalue weighted by atomic mass is 10.1. The Labute approximate surface area is 102 Å². The lowest BCUT2D eigenvalue weighted by Gasteiger charge is -2.14. The van der Waals surface area contributed by atoms with E-state index in [1.165, 1.54) is 70.6 Å². The molecule has 1 aliphatic rings. The highest BCUT2D eigenvalue weighted by atomic mass is 15.0. The highest BCUT2D eigenvalue weighted by Gasteiger charge is 2.22. The first-order chi connectivity index (χ1) is 7.86. The molecule has 0 aromatic carbocycles. The minimum absolute atomic E-state index is 0.850. The predicted molar refractivity (Wildman–Crippen MR) is 72.8 cm³/mol. The molecular weight excluding hydrogens is 194 g/mol. The zero-order valence-corrected chi connectivity index (χ0v) is 11.4. The molecule has 0 aromatic heterocycles. The van der Waals surface area contributed by atoms with Crippen molar-refractivity contribution in [3.63, 3.8) is 0 Å². The molecule has 1 rings (SSSR count). The van der Waals surface area contributed by atoms with Gasteiger partial charge in [-0.05, 0) is 25.7 Å². The summed E-state index contributed by atoms with van der Waals surface area (Å²) < 4.78 is 0. The van der Waals surface area contributed by atoms with Crippen LogP contribution in [0.5, 0.6) is 0 Å². The molecule has 0 radical (unpaired) electrons. The summed E-state index contributed by atoms with van der Waals surface area (Å²) in [4.78, 5) is 0. The van der Waals surface area contributed by atoms with Crippen molar-refractivity contribution in [2.75, 3.05) is 0 Å². The van der Waals surface area contributed by atoms with Gasteiger partial charge in [0.15, 0.2) is 0 Å². The van der Waals surface area contributed by atoms with Crippen molar-refractivity contribution in [1.29, 1.82) is 0 Å². The molecule has 2 unspecified atom stereocenters. The quantitative estimate of drug-likeness (QED) is 0.563. The lowest BCUT2D eigenvalue weighted by Crippen LogP contribution is -2.29. The maximum absolute atomic E-state index is 3.83. The van der Waals surface area contributed by atoms with Crippen LogP contribution in [0.4, 0.5) is 0 Å². The van der Waals surface area contributed by atoms with Gasteiger partial charge in [0.1, 0.15) is 0 Å². The van der Waals surface area contributed by atoms with E-state index in [1.807, 2.05) is 0 Å². The number of unbranched alkanes of at least 4 members (excludes halogenated alkanes) is 5. The maximum atomic E-state index is 3.83. The number of rotatable bonds is 9. The van der Waals surface area contributed by atoms with Gasteiger partial charge in [0, 0.05) is 12.1 Å². The van der Waals surface area contributed by atoms with Gasteiger partial charge < -0.3 is 5.32 Å². The van der Waals surface area contributed by atoms with E-state index in [9.17, 15) is 0 Å². The van der Waals surface area contributed by atoms with Crippen LogP contribution in [0.3, 0.4) is 0 Å². The summed E-state index contributed by atoms with van der Waals surface area (Å²) in [6.07, 6.45) is 15.6. The molecule has 0 aromatic rings. The Hall–Kier alpha value is -0.0400. The fourth-order valence-electron chi connectivity index (χ4n) is 2.82. The van der Waals surface area contributed by atoms with E-state index in [-0.39, 0.29) is 0 Å². The topological polar surface area (TPSA) is 12.0 Å². The monoisotopic (exact) mass is 225 g/mol. The Morgan fingerprint density at radius 3 is 1.81 bits per heavy atom. The van der Waals surface area contributed by atoms with Crippen LogP contribution in [0.1, 0.15) is 84.5 Å². The van der Waals surface area contributed by atoms with E-state index >= 15 is 0 Å². The van der Waals surface area contributed by atoms with E-state index in [1.54, 1.807) is 0 Å². The second-order valence-electron chi connectivity index (χ2n) is 5.48. The van der Waals surface area contributed by atoms with Gasteiger partial charge in [-0.2, -0.15) is 0 Å². The third kappa shape index (κ3) is 5.89. The van der Waals surface area contributed by atoms with Crippen LogP contribution in [0.2, 0.25) is 0 Å². The smallest absolute Gasteiger partial charge is 0.00702 e. The van der Waals surface area contributed by atoms with Crippen LogP contribution < -0.4 is 5.32 Å². The van der Waals surface area contributed by atoms with Crippen LogP contribution >= 0.6 is 0 Å². The molecule has 96 valence electrons. The molecular formula is C15H31N. The van der Waals surface area contributed by atoms with E-state index in [2.05, 4.69) is 19.2 Å². The fraction of sp³-hybridized carbons (Fsp3) is 1.00. The average Bonchev–Trinajstić information content (AvgIpc) is 2.73. The standard InChI is InChI=1S/C15H31N/c1-3-5-7-9-11-15-13-12-14(16-15)10-8-6-4-2/h14-16H,3-13H2,1-2H3. The van der Waals surface area contributed by atoms with Crippen molar-refractivity contribution in [3.8, 4) is 0 Å². The van der Waals surface area contributed by atoms with E-state index in [4.69, 9.17) is 0 Å². The van der Waals surface area contributed by atoms with Gasteiger partial charge in [-0.15, -0.1) is 0 Å². The van der Waals surface area contributed by atoms with Crippen molar-refractivity contribution >= 4 is 0 Å². The molecule has 1 saturated heterocycles. The summed E-state index contributed by atoms with van der Waals surface area (Å²) in [6, 6.07) is 1.70. The molecule has 1 N–H and O–H groups in total. The lowest BCUT2D eigenvalue weighted by molar-refractivity contribution is 0.459. The van der Waals surface area contributed by atoms with Crippen molar-refractivity contribution < 1.29 is 0 Å². The number of hydrogen-bond donors (Lipinski definition) is 1. The third-order valence-corrected chi connectivity index (χ3v) is 3.90. The highest BCUT2D eigenvalue weighted by molar-refractivity contribution is 4.83. The first-order valence-electron chi connectivity index (χ1n) is 7.62. The average molecular weight is 225 g/mol. The van der Waals surface area contributed by atoms with Gasteiger partial charge in [0.05, 0.1) is 0 Å². The molecule has 0 spiro atoms. The molecule has 1 heteroatoms. The Kier molecular flexibility index (Phi) is 7.92. The summed E-state index contributed by atoms with van der Waals surface area (Å²) in [5.41, 5.74) is 0. The molecule has 0 bridgehead atoms. The van der Waals surface area contributed by atoms with Crippen molar-refractivity contribution in [2.24, 2.45) is 0 Å². The molecule has 0 amide bonds. The van der Waals surface area contributed by atoms with Gasteiger partial charge in [-0.25, -0.2) is 0 Å². The predicted octanol–water partition coefficient (Wildman–Crippen LogP) is 4.66. The van der Waals surface area contributed by atoms with Gasteiger partial charge in [-0.1, -0.05) is 58.8 Å². The molecule has 0 aliphatic carbocycles. The summed E-state index contributed by atoms with van der Waals surface area (Å²) in [5.74, 6) is 0. The van der Waals surface area contributed by atoms with Crippen molar-refractivity contribution in [3.05, 3.63) is 0 Å². The molecule has 1 heterocycles. The fourth-order valence-corrected chi connectivity index (χ4v) is 2.82. The van der Waals surface area contributed by atoms with Crippen LogP contribution in [0.15, 0.2) is 0 Å². The molecule has 1 fully saturated rings. The summed E-state index contributed by atoms with van der Waals surface area (Å²) in [5, 5.41) is 3.83. The normalized spacial score (nSPS) is 25.1. The van der Waals surface area contributed by atoms with Crippen LogP contribution in [-0.4, -0.2) is 12.1 Å². The van der Waals surface area contributed by atoms with Gasteiger partial charge in [0.25, 0.3) is 0 Å². The maximum Gasteiger partial charge on any atom is 0.00702 e. The first kappa shape index (κ1) is 14.0. The zero-order chi connectivity index (χ0) is 11.6. The molecule has 2 atom stereocenters. The van der Waals surface area contributed by atoms with Crippen LogP contribution in [0.25, 0.3) is 0 Å². The molecule has 1 nitrogen and oxygen atoms in total. The highest BCUT2D eigenvalue weighted by Crippen LogP contribution is 2.21. The second-order valence-corrected chi connectivity index (χ2v) is 5.48. The Morgan fingerprint density at radius 2 is 1.25 bits per heavy atom. The molecule has 1 aliphatic heterocycles. The van der Waals surface area contributed by atoms with E-state index in [0.29, 0.717) is 0 Å². The van der Waals surface area contributed by atoms with E-state index in [0.717, 1.165) is 12.1 Å². The minimum Gasteiger partial charge on any atom is -0.311 e. The minimum atomic E-state index is 0.850. The Morgan fingerprint density at radius 1 is 0.750 bits per heavy atom. The Bertz CT molecular complexity index is 156. The summed E-state index contributed by atoms with van der Waals surface area (Å²) in [7, 11) is 0. The van der Waals surface area contributed by atoms with Crippen LogP contribution in [0, 0.1) is 0 Å². The largest absolute Gasteiger partial charge is 0.311 e. The third-order valence-electron chi connectivity index (χ3n) is 3.90. The number of nitrogens with one attached hydrogen (secondary N) is 1. The van der Waals surface area contributed by atoms with Gasteiger partial charge >= 0.3 is 0 Å². The van der Waals surface area contributed by atoms with Gasteiger partial charge in [-0.3, -0.25) is 0 Å². The number of hydrogen-bond acceptors (Lipinski definition) is 1. The second kappa shape index (κ2) is 9.04. The zero-order valence-electron chi connectivity index (χ0n) is 11.4. The summed E-state index contributed by atoms with van der Waals surface area (Å²) in [6.45, 7) is 4.58. The molecule has 16 heavy (non-hydrogen) atoms.